The van der Waals surface area contributed by atoms with Gasteiger partial charge in [0, 0.05) is 18.7 Å². The highest BCUT2D eigenvalue weighted by Gasteiger charge is 2.14. The zero-order chi connectivity index (χ0) is 11.5. The Bertz CT molecular complexity index is 378. The summed E-state index contributed by atoms with van der Waals surface area (Å²) in [5.74, 6) is -1.14. The second-order valence-corrected chi connectivity index (χ2v) is 4.77. The van der Waals surface area contributed by atoms with Gasteiger partial charge >= 0.3 is 0 Å². The van der Waals surface area contributed by atoms with Gasteiger partial charge in [-0.05, 0) is 41.4 Å². The van der Waals surface area contributed by atoms with Crippen molar-refractivity contribution in [3.63, 3.8) is 0 Å². The summed E-state index contributed by atoms with van der Waals surface area (Å²) in [5, 5.41) is 6.29. The van der Waals surface area contributed by atoms with E-state index in [0.717, 1.165) is 25.5 Å². The van der Waals surface area contributed by atoms with Gasteiger partial charge in [0.05, 0.1) is 10.2 Å². The number of rotatable bonds is 3. The van der Waals surface area contributed by atoms with Crippen LogP contribution in [-0.2, 0) is 0 Å². The molecule has 1 unspecified atom stereocenters. The minimum absolute atomic E-state index is 0.274. The number of hydrogen-bond donors (Lipinski definition) is 2. The number of hydrogen-bond acceptors (Lipinski definition) is 2. The highest BCUT2D eigenvalue weighted by molar-refractivity contribution is 9.10. The zero-order valence-electron chi connectivity index (χ0n) is 8.69. The van der Waals surface area contributed by atoms with Crippen LogP contribution in [0.1, 0.15) is 12.8 Å². The van der Waals surface area contributed by atoms with Crippen molar-refractivity contribution >= 4 is 21.6 Å². The Hall–Kier alpha value is -0.680. The predicted molar refractivity (Wildman–Crippen MR) is 63.6 cm³/mol. The smallest absolute Gasteiger partial charge is 0.149 e. The summed E-state index contributed by atoms with van der Waals surface area (Å²) in [6, 6.07) is 2.69. The fraction of sp³-hybridized carbons (Fsp3) is 0.455. The van der Waals surface area contributed by atoms with E-state index in [1.54, 1.807) is 0 Å². The van der Waals surface area contributed by atoms with Gasteiger partial charge < -0.3 is 10.6 Å². The molecule has 0 bridgehead atoms. The Morgan fingerprint density at radius 1 is 1.38 bits per heavy atom. The molecule has 1 atom stereocenters. The Kier molecular flexibility index (Phi) is 3.76. The minimum Gasteiger partial charge on any atom is -0.381 e. The van der Waals surface area contributed by atoms with Crippen LogP contribution >= 0.6 is 15.9 Å². The van der Waals surface area contributed by atoms with Crippen LogP contribution in [0.2, 0.25) is 0 Å². The second kappa shape index (κ2) is 5.10. The second-order valence-electron chi connectivity index (χ2n) is 3.92. The molecule has 2 N–H and O–H groups in total. The maximum atomic E-state index is 13.4. The molecule has 0 spiro atoms. The van der Waals surface area contributed by atoms with Crippen molar-refractivity contribution in [3.05, 3.63) is 28.2 Å². The summed E-state index contributed by atoms with van der Waals surface area (Å²) >= 11 is 3.04. The van der Waals surface area contributed by atoms with Crippen molar-refractivity contribution in [2.75, 3.05) is 18.4 Å². The quantitative estimate of drug-likeness (QED) is 0.837. The monoisotopic (exact) mass is 290 g/mol. The predicted octanol–water partition coefficient (Wildman–Crippen LogP) is 2.89. The van der Waals surface area contributed by atoms with Gasteiger partial charge in [0.1, 0.15) is 11.6 Å². The Morgan fingerprint density at radius 2 is 2.19 bits per heavy atom. The number of halogens is 3. The van der Waals surface area contributed by atoms with Crippen molar-refractivity contribution in [2.45, 2.75) is 18.9 Å². The van der Waals surface area contributed by atoms with Crippen molar-refractivity contribution in [1.29, 1.82) is 0 Å². The molecule has 1 aromatic carbocycles. The highest BCUT2D eigenvalue weighted by atomic mass is 79.9. The van der Waals surface area contributed by atoms with Crippen molar-refractivity contribution in [2.24, 2.45) is 0 Å². The van der Waals surface area contributed by atoms with Crippen LogP contribution in [-0.4, -0.2) is 19.1 Å². The normalized spacial score (nSPS) is 20.1. The molecule has 5 heteroatoms. The van der Waals surface area contributed by atoms with E-state index in [4.69, 9.17) is 0 Å². The van der Waals surface area contributed by atoms with E-state index in [1.165, 1.54) is 6.07 Å². The van der Waals surface area contributed by atoms with Crippen LogP contribution in [0, 0.1) is 11.6 Å². The van der Waals surface area contributed by atoms with E-state index in [-0.39, 0.29) is 4.47 Å². The number of anilines is 1. The molecule has 0 radical (unpaired) electrons. The van der Waals surface area contributed by atoms with Crippen LogP contribution in [0.15, 0.2) is 16.6 Å². The summed E-state index contributed by atoms with van der Waals surface area (Å²) in [6.07, 6.45) is 2.25. The summed E-state index contributed by atoms with van der Waals surface area (Å²) in [6.45, 7) is 1.68. The van der Waals surface area contributed by atoms with Crippen LogP contribution in [0.3, 0.4) is 0 Å². The largest absolute Gasteiger partial charge is 0.381 e. The molecule has 2 rings (SSSR count). The lowest BCUT2D eigenvalue weighted by Gasteiger charge is -2.13. The third kappa shape index (κ3) is 2.71. The van der Waals surface area contributed by atoms with Gasteiger partial charge in [-0.15, -0.1) is 0 Å². The van der Waals surface area contributed by atoms with E-state index in [2.05, 4.69) is 26.6 Å². The molecule has 88 valence electrons. The fourth-order valence-corrected chi connectivity index (χ4v) is 2.17. The molecule has 1 heterocycles. The lowest BCUT2D eigenvalue weighted by molar-refractivity contribution is 0.577. The maximum Gasteiger partial charge on any atom is 0.149 e. The average molecular weight is 291 g/mol. The molecule has 1 aliphatic heterocycles. The first-order valence-corrected chi connectivity index (χ1v) is 6.08. The van der Waals surface area contributed by atoms with E-state index in [9.17, 15) is 8.78 Å². The van der Waals surface area contributed by atoms with Gasteiger partial charge in [-0.3, -0.25) is 0 Å². The molecule has 1 saturated heterocycles. The molecule has 0 amide bonds. The molecule has 1 fully saturated rings. The highest BCUT2D eigenvalue weighted by Crippen LogP contribution is 2.23. The SMILES string of the molecule is Fc1cc(F)c(NCC2CCCN2)cc1Br. The van der Waals surface area contributed by atoms with Crippen molar-refractivity contribution in [1.82, 2.24) is 5.32 Å². The fourth-order valence-electron chi connectivity index (χ4n) is 1.82. The van der Waals surface area contributed by atoms with E-state index in [0.29, 0.717) is 18.3 Å². The maximum absolute atomic E-state index is 13.4. The van der Waals surface area contributed by atoms with Crippen LogP contribution < -0.4 is 10.6 Å². The Balaban J connectivity index is 2.00. The van der Waals surface area contributed by atoms with Crippen LogP contribution in [0.5, 0.6) is 0 Å². The molecule has 2 nitrogen and oxygen atoms in total. The summed E-state index contributed by atoms with van der Waals surface area (Å²) in [7, 11) is 0. The Labute approximate surface area is 102 Å². The first kappa shape index (κ1) is 11.8. The molecule has 16 heavy (non-hydrogen) atoms. The van der Waals surface area contributed by atoms with Crippen molar-refractivity contribution in [3.8, 4) is 0 Å². The molecule has 1 aliphatic rings. The van der Waals surface area contributed by atoms with Crippen molar-refractivity contribution < 1.29 is 8.78 Å². The standard InChI is InChI=1S/C11H13BrF2N2/c12-8-4-11(10(14)5-9(8)13)16-6-7-2-1-3-15-7/h4-5,7,15-16H,1-3,6H2. The van der Waals surface area contributed by atoms with Gasteiger partial charge in [-0.25, -0.2) is 8.78 Å². The molecule has 0 saturated carbocycles. The molecule has 1 aromatic rings. The van der Waals surface area contributed by atoms with Gasteiger partial charge in [0.2, 0.25) is 0 Å². The number of benzene rings is 1. The first-order valence-electron chi connectivity index (χ1n) is 5.28. The summed E-state index contributed by atoms with van der Waals surface area (Å²) in [5.41, 5.74) is 0.335. The lowest BCUT2D eigenvalue weighted by Crippen LogP contribution is -2.29. The minimum atomic E-state index is -0.581. The van der Waals surface area contributed by atoms with Crippen LogP contribution in [0.4, 0.5) is 14.5 Å². The third-order valence-corrected chi connectivity index (χ3v) is 3.32. The van der Waals surface area contributed by atoms with E-state index in [1.807, 2.05) is 0 Å². The van der Waals surface area contributed by atoms with Gasteiger partial charge in [0.25, 0.3) is 0 Å². The van der Waals surface area contributed by atoms with E-state index < -0.39 is 11.6 Å². The summed E-state index contributed by atoms with van der Waals surface area (Å²) < 4.78 is 26.6. The molecular formula is C11H13BrF2N2. The van der Waals surface area contributed by atoms with Gasteiger partial charge in [-0.2, -0.15) is 0 Å². The topological polar surface area (TPSA) is 24.1 Å². The lowest BCUT2D eigenvalue weighted by atomic mass is 10.2. The van der Waals surface area contributed by atoms with Gasteiger partial charge in [0.15, 0.2) is 0 Å². The van der Waals surface area contributed by atoms with E-state index >= 15 is 0 Å². The zero-order valence-corrected chi connectivity index (χ0v) is 10.3. The molecular weight excluding hydrogens is 278 g/mol. The summed E-state index contributed by atoms with van der Waals surface area (Å²) in [4.78, 5) is 0. The molecule has 0 aromatic heterocycles. The number of nitrogens with one attached hydrogen (secondary N) is 2. The first-order chi connectivity index (χ1) is 7.66. The molecule has 0 aliphatic carbocycles. The Morgan fingerprint density at radius 3 is 2.88 bits per heavy atom. The third-order valence-electron chi connectivity index (χ3n) is 2.71. The average Bonchev–Trinajstić information content (AvgIpc) is 2.74. The van der Waals surface area contributed by atoms with Crippen LogP contribution in [0.25, 0.3) is 0 Å². The van der Waals surface area contributed by atoms with Gasteiger partial charge in [-0.1, -0.05) is 0 Å².